The maximum atomic E-state index is 12.0. The van der Waals surface area contributed by atoms with Crippen LogP contribution in [0.25, 0.3) is 0 Å². The fraction of sp³-hybridized carbons (Fsp3) is 0.556. The summed E-state index contributed by atoms with van der Waals surface area (Å²) in [6, 6.07) is 0. The molecule has 0 bridgehead atoms. The number of carbonyl (C=O) groups excluding carboxylic acids is 2. The summed E-state index contributed by atoms with van der Waals surface area (Å²) in [5.41, 5.74) is -0.322. The average molecular weight is 236 g/mol. The molecule has 0 spiro atoms. The molecule has 0 heterocycles. The second-order valence-electron chi connectivity index (χ2n) is 3.02. The lowest BCUT2D eigenvalue weighted by molar-refractivity contribution is -0.141. The third-order valence-electron chi connectivity index (χ3n) is 1.34. The summed E-state index contributed by atoms with van der Waals surface area (Å²) in [6.07, 6.45) is -1.99. The van der Waals surface area contributed by atoms with E-state index in [1.54, 1.807) is 26.3 Å². The van der Waals surface area contributed by atoms with E-state index in [0.29, 0.717) is 0 Å². The summed E-state index contributed by atoms with van der Waals surface area (Å²) >= 11 is 0. The second-order valence-corrected chi connectivity index (χ2v) is 3.02. The van der Waals surface area contributed by atoms with E-state index in [0.717, 1.165) is 0 Å². The lowest BCUT2D eigenvalue weighted by atomic mass is 10.4. The molecule has 0 aliphatic carbocycles. The van der Waals surface area contributed by atoms with Crippen LogP contribution in [0.4, 0.5) is 8.78 Å². The zero-order chi connectivity index (χ0) is 12.7. The molecular weight excluding hydrogens is 222 g/mol. The Morgan fingerprint density at radius 3 is 2.38 bits per heavy atom. The molecule has 0 aliphatic rings. The highest BCUT2D eigenvalue weighted by atomic mass is 19.3. The molecule has 1 amide bonds. The van der Waals surface area contributed by atoms with Gasteiger partial charge < -0.3 is 15.0 Å². The fourth-order valence-electron chi connectivity index (χ4n) is 0.790. The maximum absolute atomic E-state index is 12.0. The number of hydrogen-bond donors (Lipinski definition) is 1. The average Bonchev–Trinajstić information content (AvgIpc) is 2.16. The fourth-order valence-corrected chi connectivity index (χ4v) is 0.790. The highest BCUT2D eigenvalue weighted by molar-refractivity contribution is 5.94. The lowest BCUT2D eigenvalue weighted by Crippen LogP contribution is -2.34. The number of nitrogens with one attached hydrogen (secondary N) is 1. The van der Waals surface area contributed by atoms with Crippen molar-refractivity contribution >= 4 is 11.9 Å². The predicted octanol–water partition coefficient (Wildman–Crippen LogP) is 0.334. The molecule has 0 rings (SSSR count). The van der Waals surface area contributed by atoms with E-state index in [4.69, 9.17) is 0 Å². The molecular formula is C9H14F2N2O3. The van der Waals surface area contributed by atoms with Gasteiger partial charge in [0.25, 0.3) is 5.91 Å². The third kappa shape index (κ3) is 5.28. The first-order valence-corrected chi connectivity index (χ1v) is 4.52. The van der Waals surface area contributed by atoms with Gasteiger partial charge >= 0.3 is 12.4 Å². The number of nitrogens with zero attached hydrogens (tertiary/aromatic N) is 1. The van der Waals surface area contributed by atoms with E-state index in [1.807, 2.05) is 0 Å². The molecule has 7 heteroatoms. The summed E-state index contributed by atoms with van der Waals surface area (Å²) in [7, 11) is 3.15. The zero-order valence-corrected chi connectivity index (χ0v) is 9.29. The first-order chi connectivity index (χ1) is 7.38. The molecule has 0 aromatic heterocycles. The standard InChI is InChI=1S/C9H14F2N2O3/c1-4-16-9(15)6(5-13(2)3)12-8(14)7(10)11/h5,7H,4H2,1-3H3,(H,12,14). The Morgan fingerprint density at radius 2 is 2.00 bits per heavy atom. The van der Waals surface area contributed by atoms with Crippen molar-refractivity contribution in [2.75, 3.05) is 20.7 Å². The van der Waals surface area contributed by atoms with E-state index in [9.17, 15) is 18.4 Å². The summed E-state index contributed by atoms with van der Waals surface area (Å²) < 4.78 is 28.5. The molecule has 0 radical (unpaired) electrons. The smallest absolute Gasteiger partial charge is 0.356 e. The molecule has 0 saturated heterocycles. The number of hydrogen-bond acceptors (Lipinski definition) is 4. The number of carbonyl (C=O) groups is 2. The van der Waals surface area contributed by atoms with Crippen molar-refractivity contribution in [1.82, 2.24) is 10.2 Å². The molecule has 0 aliphatic heterocycles. The molecule has 0 unspecified atom stereocenters. The van der Waals surface area contributed by atoms with Gasteiger partial charge in [0.1, 0.15) is 5.70 Å². The normalized spacial score (nSPS) is 11.2. The number of rotatable bonds is 5. The number of alkyl halides is 2. The largest absolute Gasteiger partial charge is 0.461 e. The number of ether oxygens (including phenoxy) is 1. The van der Waals surface area contributed by atoms with E-state index in [-0.39, 0.29) is 12.3 Å². The molecule has 0 saturated carbocycles. The molecule has 0 atom stereocenters. The predicted molar refractivity (Wildman–Crippen MR) is 52.5 cm³/mol. The lowest BCUT2D eigenvalue weighted by Gasteiger charge is -2.12. The number of esters is 1. The van der Waals surface area contributed by atoms with Crippen molar-refractivity contribution in [2.24, 2.45) is 0 Å². The number of amides is 1. The molecule has 16 heavy (non-hydrogen) atoms. The van der Waals surface area contributed by atoms with E-state index >= 15 is 0 Å². The molecule has 92 valence electrons. The van der Waals surface area contributed by atoms with Crippen molar-refractivity contribution in [1.29, 1.82) is 0 Å². The molecule has 1 N–H and O–H groups in total. The molecule has 0 aromatic rings. The van der Waals surface area contributed by atoms with Gasteiger partial charge in [0.15, 0.2) is 0 Å². The molecule has 0 fully saturated rings. The van der Waals surface area contributed by atoms with Gasteiger partial charge in [-0.25, -0.2) is 4.79 Å². The van der Waals surface area contributed by atoms with Crippen LogP contribution in [0.3, 0.4) is 0 Å². The van der Waals surface area contributed by atoms with Gasteiger partial charge in [-0.05, 0) is 6.92 Å². The van der Waals surface area contributed by atoms with Gasteiger partial charge in [0, 0.05) is 20.3 Å². The van der Waals surface area contributed by atoms with E-state index in [2.05, 4.69) is 4.74 Å². The minimum Gasteiger partial charge on any atom is -0.461 e. The highest BCUT2D eigenvalue weighted by Gasteiger charge is 2.20. The minimum absolute atomic E-state index is 0.0914. The van der Waals surface area contributed by atoms with Crippen LogP contribution in [-0.2, 0) is 14.3 Å². The van der Waals surface area contributed by atoms with Gasteiger partial charge in [0.2, 0.25) is 0 Å². The third-order valence-corrected chi connectivity index (χ3v) is 1.34. The molecule has 5 nitrogen and oxygen atoms in total. The van der Waals surface area contributed by atoms with Crippen molar-refractivity contribution in [2.45, 2.75) is 13.3 Å². The monoisotopic (exact) mass is 236 g/mol. The van der Waals surface area contributed by atoms with Gasteiger partial charge in [-0.1, -0.05) is 0 Å². The Kier molecular flexibility index (Phi) is 6.06. The number of halogens is 2. The molecule has 0 aromatic carbocycles. The van der Waals surface area contributed by atoms with Crippen LogP contribution in [0.5, 0.6) is 0 Å². The summed E-state index contributed by atoms with van der Waals surface area (Å²) in [5, 5.41) is 1.79. The zero-order valence-electron chi connectivity index (χ0n) is 9.29. The first kappa shape index (κ1) is 14.3. The van der Waals surface area contributed by atoms with Crippen LogP contribution in [-0.4, -0.2) is 43.9 Å². The van der Waals surface area contributed by atoms with Gasteiger partial charge in [0.05, 0.1) is 6.61 Å². The Hall–Kier alpha value is -1.66. The maximum Gasteiger partial charge on any atom is 0.356 e. The Balaban J connectivity index is 4.69. The summed E-state index contributed by atoms with van der Waals surface area (Å²) in [5.74, 6) is -2.40. The Bertz CT molecular complexity index is 290. The van der Waals surface area contributed by atoms with Crippen molar-refractivity contribution in [3.05, 3.63) is 11.9 Å². The minimum atomic E-state index is -3.18. The van der Waals surface area contributed by atoms with Crippen molar-refractivity contribution in [3.63, 3.8) is 0 Å². The SMILES string of the molecule is CCOC(=O)C(=CN(C)C)NC(=O)C(F)F. The summed E-state index contributed by atoms with van der Waals surface area (Å²) in [6.45, 7) is 1.66. The van der Waals surface area contributed by atoms with Crippen LogP contribution < -0.4 is 5.32 Å². The van der Waals surface area contributed by atoms with E-state index < -0.39 is 18.3 Å². The Labute approximate surface area is 92.0 Å². The van der Waals surface area contributed by atoms with Crippen LogP contribution in [0, 0.1) is 0 Å². The quantitative estimate of drug-likeness (QED) is 0.552. The van der Waals surface area contributed by atoms with Crippen LogP contribution in [0.2, 0.25) is 0 Å². The van der Waals surface area contributed by atoms with Gasteiger partial charge in [-0.2, -0.15) is 8.78 Å². The van der Waals surface area contributed by atoms with Crippen LogP contribution in [0.15, 0.2) is 11.9 Å². The van der Waals surface area contributed by atoms with Crippen LogP contribution >= 0.6 is 0 Å². The summed E-state index contributed by atoms with van der Waals surface area (Å²) in [4.78, 5) is 23.4. The first-order valence-electron chi connectivity index (χ1n) is 4.52. The van der Waals surface area contributed by atoms with Gasteiger partial charge in [-0.3, -0.25) is 4.79 Å². The van der Waals surface area contributed by atoms with Gasteiger partial charge in [-0.15, -0.1) is 0 Å². The topological polar surface area (TPSA) is 58.6 Å². The Morgan fingerprint density at radius 1 is 1.44 bits per heavy atom. The van der Waals surface area contributed by atoms with E-state index in [1.165, 1.54) is 11.1 Å². The van der Waals surface area contributed by atoms with Crippen molar-refractivity contribution in [3.8, 4) is 0 Å². The highest BCUT2D eigenvalue weighted by Crippen LogP contribution is 1.99. The van der Waals surface area contributed by atoms with Crippen LogP contribution in [0.1, 0.15) is 6.92 Å². The second kappa shape index (κ2) is 6.76. The van der Waals surface area contributed by atoms with Crippen molar-refractivity contribution < 1.29 is 23.1 Å².